The van der Waals surface area contributed by atoms with Gasteiger partial charge in [-0.2, -0.15) is 0 Å². The first kappa shape index (κ1) is 13.7. The molecule has 90 valence electrons. The summed E-state index contributed by atoms with van der Waals surface area (Å²) in [6, 6.07) is 10.3. The molecular formula is C12H12ClNO2S. The number of aromatic carboxylic acids is 1. The molecule has 0 aliphatic rings. The Kier molecular flexibility index (Phi) is 4.69. The van der Waals surface area contributed by atoms with Gasteiger partial charge in [0.15, 0.2) is 0 Å². The maximum Gasteiger partial charge on any atom is 0.336 e. The molecule has 0 aliphatic carbocycles. The molecule has 0 aliphatic heterocycles. The van der Waals surface area contributed by atoms with Crippen LogP contribution in [0, 0.1) is 0 Å². The molecule has 0 fully saturated rings. The summed E-state index contributed by atoms with van der Waals surface area (Å²) in [4.78, 5) is 12.0. The van der Waals surface area contributed by atoms with Crippen LogP contribution in [0.1, 0.15) is 26.8 Å². The van der Waals surface area contributed by atoms with Crippen LogP contribution >= 0.6 is 23.7 Å². The molecule has 0 spiro atoms. The van der Waals surface area contributed by atoms with Crippen molar-refractivity contribution in [1.82, 2.24) is 0 Å². The SMILES string of the molecule is Cl.N[C@@H](c1cccs1)c1ccccc1C(=O)O. The number of hydrogen-bond acceptors (Lipinski definition) is 3. The van der Waals surface area contributed by atoms with Crippen molar-refractivity contribution in [1.29, 1.82) is 0 Å². The lowest BCUT2D eigenvalue weighted by molar-refractivity contribution is 0.0695. The molecule has 1 aromatic carbocycles. The van der Waals surface area contributed by atoms with Gasteiger partial charge in [-0.05, 0) is 23.1 Å². The Morgan fingerprint density at radius 2 is 1.94 bits per heavy atom. The summed E-state index contributed by atoms with van der Waals surface area (Å²) in [5.74, 6) is -0.942. The quantitative estimate of drug-likeness (QED) is 0.901. The van der Waals surface area contributed by atoms with Crippen LogP contribution in [-0.2, 0) is 0 Å². The van der Waals surface area contributed by atoms with Gasteiger partial charge in [-0.1, -0.05) is 24.3 Å². The monoisotopic (exact) mass is 269 g/mol. The van der Waals surface area contributed by atoms with Crippen LogP contribution in [0.25, 0.3) is 0 Å². The maximum absolute atomic E-state index is 11.0. The molecule has 0 unspecified atom stereocenters. The average molecular weight is 270 g/mol. The first-order valence-electron chi connectivity index (χ1n) is 4.81. The summed E-state index contributed by atoms with van der Waals surface area (Å²) in [7, 11) is 0. The topological polar surface area (TPSA) is 63.3 Å². The lowest BCUT2D eigenvalue weighted by Crippen LogP contribution is -2.14. The third-order valence-corrected chi connectivity index (χ3v) is 3.33. The average Bonchev–Trinajstić information content (AvgIpc) is 2.81. The Morgan fingerprint density at radius 1 is 1.24 bits per heavy atom. The van der Waals surface area contributed by atoms with Gasteiger partial charge in [0.2, 0.25) is 0 Å². The first-order chi connectivity index (χ1) is 7.70. The smallest absolute Gasteiger partial charge is 0.336 e. The summed E-state index contributed by atoms with van der Waals surface area (Å²) in [6.07, 6.45) is 0. The fourth-order valence-corrected chi connectivity index (χ4v) is 2.33. The highest BCUT2D eigenvalue weighted by Crippen LogP contribution is 2.26. The van der Waals surface area contributed by atoms with Crippen molar-refractivity contribution in [3.05, 3.63) is 57.8 Å². The van der Waals surface area contributed by atoms with Crippen molar-refractivity contribution in [3.8, 4) is 0 Å². The first-order valence-corrected chi connectivity index (χ1v) is 5.69. The number of carbonyl (C=O) groups is 1. The second-order valence-electron chi connectivity index (χ2n) is 3.39. The Hall–Kier alpha value is -1.36. The highest BCUT2D eigenvalue weighted by molar-refractivity contribution is 7.10. The molecule has 0 saturated heterocycles. The molecule has 1 aromatic heterocycles. The van der Waals surface area contributed by atoms with E-state index >= 15 is 0 Å². The van der Waals surface area contributed by atoms with E-state index in [1.54, 1.807) is 24.3 Å². The molecule has 2 aromatic rings. The van der Waals surface area contributed by atoms with E-state index in [0.29, 0.717) is 5.56 Å². The highest BCUT2D eigenvalue weighted by atomic mass is 35.5. The van der Waals surface area contributed by atoms with E-state index in [1.807, 2.05) is 17.5 Å². The fourth-order valence-electron chi connectivity index (χ4n) is 1.58. The van der Waals surface area contributed by atoms with E-state index < -0.39 is 5.97 Å². The minimum atomic E-state index is -0.942. The molecule has 0 saturated carbocycles. The minimum absolute atomic E-state index is 0. The van der Waals surface area contributed by atoms with E-state index in [4.69, 9.17) is 10.8 Å². The number of nitrogens with two attached hydrogens (primary N) is 1. The molecule has 2 rings (SSSR count). The van der Waals surface area contributed by atoms with Gasteiger partial charge in [0.05, 0.1) is 11.6 Å². The minimum Gasteiger partial charge on any atom is -0.478 e. The van der Waals surface area contributed by atoms with Crippen molar-refractivity contribution in [2.45, 2.75) is 6.04 Å². The number of carboxylic acids is 1. The predicted molar refractivity (Wildman–Crippen MR) is 71.0 cm³/mol. The molecular weight excluding hydrogens is 258 g/mol. The lowest BCUT2D eigenvalue weighted by Gasteiger charge is -2.12. The van der Waals surface area contributed by atoms with Gasteiger partial charge in [0.25, 0.3) is 0 Å². The van der Waals surface area contributed by atoms with Crippen LogP contribution in [0.2, 0.25) is 0 Å². The molecule has 0 amide bonds. The van der Waals surface area contributed by atoms with Gasteiger partial charge in [0, 0.05) is 4.88 Å². The third-order valence-electron chi connectivity index (χ3n) is 2.38. The number of carboxylic acid groups (broad SMARTS) is 1. The third kappa shape index (κ3) is 2.85. The maximum atomic E-state index is 11.0. The van der Waals surface area contributed by atoms with E-state index in [2.05, 4.69) is 0 Å². The molecule has 0 radical (unpaired) electrons. The zero-order valence-corrected chi connectivity index (χ0v) is 10.5. The Morgan fingerprint density at radius 3 is 2.53 bits per heavy atom. The number of hydrogen-bond donors (Lipinski definition) is 2. The van der Waals surface area contributed by atoms with Gasteiger partial charge in [-0.15, -0.1) is 23.7 Å². The van der Waals surface area contributed by atoms with Crippen molar-refractivity contribution in [2.75, 3.05) is 0 Å². The lowest BCUT2D eigenvalue weighted by atomic mass is 10.00. The van der Waals surface area contributed by atoms with Gasteiger partial charge in [-0.3, -0.25) is 0 Å². The molecule has 1 heterocycles. The Bertz CT molecular complexity index is 499. The normalized spacial score (nSPS) is 11.6. The van der Waals surface area contributed by atoms with E-state index in [0.717, 1.165) is 4.88 Å². The Balaban J connectivity index is 0.00000144. The van der Waals surface area contributed by atoms with Crippen molar-refractivity contribution in [3.63, 3.8) is 0 Å². The largest absolute Gasteiger partial charge is 0.478 e. The van der Waals surface area contributed by atoms with Crippen LogP contribution in [0.3, 0.4) is 0 Å². The summed E-state index contributed by atoms with van der Waals surface area (Å²) >= 11 is 1.53. The van der Waals surface area contributed by atoms with Crippen LogP contribution in [0.5, 0.6) is 0 Å². The van der Waals surface area contributed by atoms with Crippen LogP contribution in [0.4, 0.5) is 0 Å². The number of halogens is 1. The van der Waals surface area contributed by atoms with E-state index in [-0.39, 0.29) is 24.0 Å². The van der Waals surface area contributed by atoms with Crippen LogP contribution < -0.4 is 5.73 Å². The summed E-state index contributed by atoms with van der Waals surface area (Å²) in [5.41, 5.74) is 6.96. The van der Waals surface area contributed by atoms with E-state index in [9.17, 15) is 4.79 Å². The number of benzene rings is 1. The standard InChI is InChI=1S/C12H11NO2S.ClH/c13-11(10-6-3-7-16-10)8-4-1-2-5-9(8)12(14)15;/h1-7,11H,13H2,(H,14,15);1H/t11-;/m1./s1. The zero-order valence-electron chi connectivity index (χ0n) is 8.87. The second-order valence-corrected chi connectivity index (χ2v) is 4.36. The second kappa shape index (κ2) is 5.82. The molecule has 3 nitrogen and oxygen atoms in total. The number of rotatable bonds is 3. The summed E-state index contributed by atoms with van der Waals surface area (Å²) in [5, 5.41) is 11.0. The van der Waals surface area contributed by atoms with Crippen molar-refractivity contribution >= 4 is 29.7 Å². The molecule has 5 heteroatoms. The molecule has 3 N–H and O–H groups in total. The van der Waals surface area contributed by atoms with Crippen molar-refractivity contribution < 1.29 is 9.90 Å². The van der Waals surface area contributed by atoms with Gasteiger partial charge >= 0.3 is 5.97 Å². The van der Waals surface area contributed by atoms with Crippen LogP contribution in [-0.4, -0.2) is 11.1 Å². The predicted octanol–water partition coefficient (Wildman–Crippen LogP) is 2.92. The molecule has 1 atom stereocenters. The summed E-state index contributed by atoms with van der Waals surface area (Å²) in [6.45, 7) is 0. The highest BCUT2D eigenvalue weighted by Gasteiger charge is 2.17. The van der Waals surface area contributed by atoms with Gasteiger partial charge in [-0.25, -0.2) is 4.79 Å². The molecule has 0 bridgehead atoms. The Labute approximate surface area is 109 Å². The molecule has 17 heavy (non-hydrogen) atoms. The van der Waals surface area contributed by atoms with Gasteiger partial charge < -0.3 is 10.8 Å². The van der Waals surface area contributed by atoms with Gasteiger partial charge in [0.1, 0.15) is 0 Å². The number of thiophene rings is 1. The van der Waals surface area contributed by atoms with E-state index in [1.165, 1.54) is 11.3 Å². The summed E-state index contributed by atoms with van der Waals surface area (Å²) < 4.78 is 0. The van der Waals surface area contributed by atoms with Crippen LogP contribution in [0.15, 0.2) is 41.8 Å². The van der Waals surface area contributed by atoms with Crippen molar-refractivity contribution in [2.24, 2.45) is 5.73 Å². The fraction of sp³-hybridized carbons (Fsp3) is 0.0833. The zero-order chi connectivity index (χ0) is 11.5.